The lowest BCUT2D eigenvalue weighted by Crippen LogP contribution is -2.42. The van der Waals surface area contributed by atoms with Crippen molar-refractivity contribution < 1.29 is 9.30 Å². The minimum atomic E-state index is -0.126. The van der Waals surface area contributed by atoms with Crippen LogP contribution in [0.25, 0.3) is 20.4 Å². The van der Waals surface area contributed by atoms with E-state index in [9.17, 15) is 0 Å². The number of fused-ring (bicyclic) bond motifs is 6. The maximum absolute atomic E-state index is 5.95. The summed E-state index contributed by atoms with van der Waals surface area (Å²) in [7, 11) is 0. The Kier molecular flexibility index (Phi) is 2.73. The highest BCUT2D eigenvalue weighted by molar-refractivity contribution is 7.25. The van der Waals surface area contributed by atoms with Gasteiger partial charge >= 0.3 is 0 Å². The maximum Gasteiger partial charge on any atom is 0.242 e. The molecule has 3 aromatic heterocycles. The second-order valence-corrected chi connectivity index (χ2v) is 8.02. The van der Waals surface area contributed by atoms with Crippen LogP contribution in [-0.2, 0) is 24.3 Å². The van der Waals surface area contributed by atoms with Gasteiger partial charge in [0.15, 0.2) is 5.52 Å². The van der Waals surface area contributed by atoms with Crippen LogP contribution >= 0.6 is 11.3 Å². The molecule has 0 bridgehead atoms. The van der Waals surface area contributed by atoms with Gasteiger partial charge in [-0.15, -0.1) is 16.3 Å². The zero-order valence-corrected chi connectivity index (χ0v) is 14.2. The van der Waals surface area contributed by atoms with Crippen LogP contribution in [0.4, 0.5) is 5.82 Å². The molecule has 23 heavy (non-hydrogen) atoms. The summed E-state index contributed by atoms with van der Waals surface area (Å²) in [6.45, 7) is 6.96. The Morgan fingerprint density at radius 2 is 2.30 bits per heavy atom. The number of pyridine rings is 1. The highest BCUT2D eigenvalue weighted by atomic mass is 32.1. The van der Waals surface area contributed by atoms with E-state index in [2.05, 4.69) is 29.8 Å². The lowest BCUT2D eigenvalue weighted by Gasteiger charge is -2.30. The molecule has 2 aliphatic rings. The molecule has 5 nitrogen and oxygen atoms in total. The molecule has 0 radical (unpaired) electrons. The first-order chi connectivity index (χ1) is 11.1. The predicted octanol–water partition coefficient (Wildman–Crippen LogP) is 2.80. The molecule has 0 amide bonds. The summed E-state index contributed by atoms with van der Waals surface area (Å²) >= 11 is 1.75. The number of rotatable bonds is 0. The van der Waals surface area contributed by atoms with Crippen molar-refractivity contribution in [3.63, 3.8) is 0 Å². The molecule has 0 saturated heterocycles. The van der Waals surface area contributed by atoms with E-state index in [4.69, 9.17) is 14.7 Å². The normalized spacial score (nSPS) is 19.4. The fourth-order valence-corrected chi connectivity index (χ4v) is 4.67. The molecule has 2 aliphatic heterocycles. The lowest BCUT2D eigenvalue weighted by molar-refractivity contribution is -0.688. The Morgan fingerprint density at radius 3 is 3.22 bits per heavy atom. The summed E-state index contributed by atoms with van der Waals surface area (Å²) in [6, 6.07) is 2.23. The van der Waals surface area contributed by atoms with Crippen LogP contribution in [0.1, 0.15) is 31.5 Å². The molecule has 0 saturated carbocycles. The fourth-order valence-electron chi connectivity index (χ4n) is 3.51. The van der Waals surface area contributed by atoms with Gasteiger partial charge in [0, 0.05) is 18.4 Å². The van der Waals surface area contributed by atoms with Crippen LogP contribution in [0.5, 0.6) is 0 Å². The van der Waals surface area contributed by atoms with E-state index < -0.39 is 0 Å². The minimum Gasteiger partial charge on any atom is -0.370 e. The predicted molar refractivity (Wildman–Crippen MR) is 90.8 cm³/mol. The number of aryl methyl sites for hydroxylation is 1. The molecular formula is C17H19N4OS+. The van der Waals surface area contributed by atoms with Gasteiger partial charge in [0.1, 0.15) is 9.53 Å². The molecule has 0 aromatic carbocycles. The monoisotopic (exact) mass is 327 g/mol. The standard InChI is InChI=1S/C17H18N4OS/c1-17(2)7-12-10(8-22-17)6-11-13-14(23-16(11)20-12)15-18-4-3-5-21(15)9-19-13/h6,9H,3-5,7-8H2,1-2H3/p+1. The third kappa shape index (κ3) is 2.05. The molecule has 118 valence electrons. The molecule has 6 heteroatoms. The third-order valence-electron chi connectivity index (χ3n) is 4.73. The van der Waals surface area contributed by atoms with E-state index in [1.807, 2.05) is 6.33 Å². The van der Waals surface area contributed by atoms with E-state index in [1.165, 1.54) is 21.8 Å². The lowest BCUT2D eigenvalue weighted by atomic mass is 9.95. The largest absolute Gasteiger partial charge is 0.370 e. The first-order valence-corrected chi connectivity index (χ1v) is 8.94. The molecule has 0 spiro atoms. The van der Waals surface area contributed by atoms with Crippen LogP contribution in [-0.4, -0.2) is 22.1 Å². The quantitative estimate of drug-likeness (QED) is 0.645. The summed E-state index contributed by atoms with van der Waals surface area (Å²) in [5.41, 5.74) is 3.32. The first kappa shape index (κ1) is 13.6. The zero-order valence-electron chi connectivity index (χ0n) is 13.3. The van der Waals surface area contributed by atoms with Crippen molar-refractivity contribution in [3.05, 3.63) is 23.7 Å². The van der Waals surface area contributed by atoms with Crippen LogP contribution in [0.15, 0.2) is 12.4 Å². The van der Waals surface area contributed by atoms with Crippen molar-refractivity contribution in [2.75, 3.05) is 11.9 Å². The molecule has 0 fully saturated rings. The van der Waals surface area contributed by atoms with Crippen LogP contribution in [0.2, 0.25) is 0 Å². The van der Waals surface area contributed by atoms with Gasteiger partial charge in [0.25, 0.3) is 0 Å². The second-order valence-electron chi connectivity index (χ2n) is 7.02. The number of nitrogens with one attached hydrogen (secondary N) is 1. The van der Waals surface area contributed by atoms with E-state index in [-0.39, 0.29) is 5.60 Å². The molecule has 5 heterocycles. The number of hydrogen-bond donors (Lipinski definition) is 1. The van der Waals surface area contributed by atoms with E-state index in [0.717, 1.165) is 41.7 Å². The van der Waals surface area contributed by atoms with E-state index in [1.54, 1.807) is 11.3 Å². The summed E-state index contributed by atoms with van der Waals surface area (Å²) in [4.78, 5) is 10.8. The Bertz CT molecular complexity index is 947. The van der Waals surface area contributed by atoms with Gasteiger partial charge in [-0.3, -0.25) is 0 Å². The molecule has 3 aromatic rings. The molecule has 0 aliphatic carbocycles. The number of hydrogen-bond acceptors (Lipinski definition) is 5. The van der Waals surface area contributed by atoms with Crippen molar-refractivity contribution >= 4 is 37.6 Å². The van der Waals surface area contributed by atoms with Gasteiger partial charge in [0.2, 0.25) is 12.1 Å². The van der Waals surface area contributed by atoms with E-state index >= 15 is 0 Å². The Morgan fingerprint density at radius 1 is 1.39 bits per heavy atom. The number of thiophene rings is 1. The average molecular weight is 327 g/mol. The Hall–Kier alpha value is -1.79. The Balaban J connectivity index is 1.77. The topological polar surface area (TPSA) is 50.9 Å². The molecule has 0 atom stereocenters. The average Bonchev–Trinajstić information content (AvgIpc) is 2.90. The van der Waals surface area contributed by atoms with Crippen molar-refractivity contribution in [1.82, 2.24) is 9.97 Å². The van der Waals surface area contributed by atoms with Crippen molar-refractivity contribution in [1.29, 1.82) is 0 Å². The van der Waals surface area contributed by atoms with Gasteiger partial charge in [-0.05, 0) is 19.9 Å². The minimum absolute atomic E-state index is 0.126. The fraction of sp³-hybridized carbons (Fsp3) is 0.471. The summed E-state index contributed by atoms with van der Waals surface area (Å²) < 4.78 is 9.38. The zero-order chi connectivity index (χ0) is 15.6. The highest BCUT2D eigenvalue weighted by Crippen LogP contribution is 2.37. The van der Waals surface area contributed by atoms with Crippen molar-refractivity contribution in [3.8, 4) is 0 Å². The van der Waals surface area contributed by atoms with E-state index in [0.29, 0.717) is 6.61 Å². The van der Waals surface area contributed by atoms with Gasteiger partial charge in [-0.1, -0.05) is 0 Å². The number of aromatic nitrogens is 3. The van der Waals surface area contributed by atoms with Crippen molar-refractivity contribution in [2.24, 2.45) is 0 Å². The summed E-state index contributed by atoms with van der Waals surface area (Å²) in [6.07, 6.45) is 3.97. The van der Waals surface area contributed by atoms with Crippen LogP contribution in [0.3, 0.4) is 0 Å². The van der Waals surface area contributed by atoms with Gasteiger partial charge < -0.3 is 10.1 Å². The molecule has 5 rings (SSSR count). The maximum atomic E-state index is 5.95. The number of anilines is 1. The highest BCUT2D eigenvalue weighted by Gasteiger charge is 2.29. The van der Waals surface area contributed by atoms with Crippen LogP contribution < -0.4 is 9.88 Å². The third-order valence-corrected chi connectivity index (χ3v) is 5.83. The van der Waals surface area contributed by atoms with Gasteiger partial charge in [-0.2, -0.15) is 0 Å². The number of nitrogens with zero attached hydrogens (tertiary/aromatic N) is 3. The van der Waals surface area contributed by atoms with Crippen LogP contribution in [0, 0.1) is 0 Å². The molecular weight excluding hydrogens is 308 g/mol. The smallest absolute Gasteiger partial charge is 0.242 e. The first-order valence-electron chi connectivity index (χ1n) is 8.12. The van der Waals surface area contributed by atoms with Crippen molar-refractivity contribution in [2.45, 2.75) is 45.4 Å². The molecule has 0 unspecified atom stereocenters. The Labute approximate surface area is 138 Å². The molecule has 1 N–H and O–H groups in total. The SMILES string of the molecule is CC1(C)Cc2nc3sc4c5[n+](cnc4c3cc2CO1)CCCN5. The summed E-state index contributed by atoms with van der Waals surface area (Å²) in [5, 5.41) is 4.69. The second kappa shape index (κ2) is 4.61. The van der Waals surface area contributed by atoms with Gasteiger partial charge in [0.05, 0.1) is 36.4 Å². The summed E-state index contributed by atoms with van der Waals surface area (Å²) in [5.74, 6) is 1.19. The van der Waals surface area contributed by atoms with Gasteiger partial charge in [-0.25, -0.2) is 9.55 Å². The number of ether oxygens (including phenoxy) is 1.